The number of nitrogens with zero attached hydrogens (tertiary/aromatic N) is 1. The fourth-order valence-electron chi connectivity index (χ4n) is 2.63. The smallest absolute Gasteiger partial charge is 0.228 e. The highest BCUT2D eigenvalue weighted by molar-refractivity contribution is 7.16. The van der Waals surface area contributed by atoms with Crippen LogP contribution in [0.15, 0.2) is 18.2 Å². The Bertz CT molecular complexity index is 768. The Morgan fingerprint density at radius 1 is 1.25 bits per heavy atom. The van der Waals surface area contributed by atoms with E-state index in [4.69, 9.17) is 0 Å². The molecule has 1 aromatic carbocycles. The van der Waals surface area contributed by atoms with Gasteiger partial charge in [-0.05, 0) is 33.3 Å². The number of nitrogens with one attached hydrogen (secondary N) is 2. The molecular formula is C18H23N3O2S. The maximum absolute atomic E-state index is 12.1. The quantitative estimate of drug-likeness (QED) is 0.870. The summed E-state index contributed by atoms with van der Waals surface area (Å²) in [7, 11) is 0. The number of rotatable bonds is 5. The molecule has 2 aromatic rings. The molecule has 0 saturated heterocycles. The molecule has 5 nitrogen and oxygen atoms in total. The highest BCUT2D eigenvalue weighted by Gasteiger charge is 2.15. The number of hydrogen-bond donors (Lipinski definition) is 2. The van der Waals surface area contributed by atoms with Crippen molar-refractivity contribution in [1.82, 2.24) is 10.3 Å². The van der Waals surface area contributed by atoms with Gasteiger partial charge in [-0.25, -0.2) is 4.98 Å². The second-order valence-electron chi connectivity index (χ2n) is 6.10. The maximum atomic E-state index is 12.1. The zero-order valence-corrected chi connectivity index (χ0v) is 15.5. The van der Waals surface area contributed by atoms with E-state index in [-0.39, 0.29) is 24.3 Å². The number of aryl methyl sites for hydroxylation is 3. The second kappa shape index (κ2) is 7.57. The van der Waals surface area contributed by atoms with Gasteiger partial charge in [0.25, 0.3) is 0 Å². The molecule has 1 atom stereocenters. The van der Waals surface area contributed by atoms with Gasteiger partial charge in [0.2, 0.25) is 11.8 Å². The van der Waals surface area contributed by atoms with E-state index in [0.29, 0.717) is 5.13 Å². The Labute approximate surface area is 146 Å². The van der Waals surface area contributed by atoms with Crippen molar-refractivity contribution < 1.29 is 9.59 Å². The van der Waals surface area contributed by atoms with Crippen LogP contribution in [0.5, 0.6) is 0 Å². The van der Waals surface area contributed by atoms with Gasteiger partial charge < -0.3 is 10.6 Å². The average Bonchev–Trinajstić information content (AvgIpc) is 2.77. The van der Waals surface area contributed by atoms with Crippen molar-refractivity contribution in [3.63, 3.8) is 0 Å². The van der Waals surface area contributed by atoms with Gasteiger partial charge >= 0.3 is 0 Å². The van der Waals surface area contributed by atoms with Gasteiger partial charge in [-0.3, -0.25) is 9.59 Å². The molecule has 0 bridgehead atoms. The molecule has 0 fully saturated rings. The highest BCUT2D eigenvalue weighted by atomic mass is 32.1. The lowest BCUT2D eigenvalue weighted by Gasteiger charge is -2.11. The number of benzene rings is 1. The molecule has 0 aliphatic carbocycles. The van der Waals surface area contributed by atoms with E-state index in [1.807, 2.05) is 6.92 Å². The Kier molecular flexibility index (Phi) is 5.72. The lowest BCUT2D eigenvalue weighted by Crippen LogP contribution is -2.33. The number of thiazole rings is 1. The van der Waals surface area contributed by atoms with Crippen LogP contribution in [0.1, 0.15) is 36.3 Å². The van der Waals surface area contributed by atoms with E-state index in [0.717, 1.165) is 16.1 Å². The second-order valence-corrected chi connectivity index (χ2v) is 7.30. The van der Waals surface area contributed by atoms with Crippen LogP contribution in [0, 0.1) is 20.8 Å². The standard InChI is InChI=1S/C18H23N3O2S/c1-10-6-7-15(11(2)8-10)17-13(4)24-18(21-17)20-16(23)9-12(3)19-14(5)22/h6-8,12H,9H2,1-5H3,(H,19,22)(H,20,21,23). The van der Waals surface area contributed by atoms with Crippen molar-refractivity contribution in [3.8, 4) is 11.3 Å². The first-order valence-electron chi connectivity index (χ1n) is 7.88. The molecule has 6 heteroatoms. The summed E-state index contributed by atoms with van der Waals surface area (Å²) >= 11 is 1.46. The minimum atomic E-state index is -0.206. The van der Waals surface area contributed by atoms with Gasteiger partial charge in [-0.15, -0.1) is 11.3 Å². The summed E-state index contributed by atoms with van der Waals surface area (Å²) in [4.78, 5) is 28.7. The summed E-state index contributed by atoms with van der Waals surface area (Å²) in [6.07, 6.45) is 0.219. The van der Waals surface area contributed by atoms with Crippen molar-refractivity contribution in [3.05, 3.63) is 34.2 Å². The van der Waals surface area contributed by atoms with E-state index in [9.17, 15) is 9.59 Å². The third-order valence-corrected chi connectivity index (χ3v) is 4.51. The molecule has 2 rings (SSSR count). The van der Waals surface area contributed by atoms with Gasteiger partial charge in [-0.2, -0.15) is 0 Å². The molecule has 24 heavy (non-hydrogen) atoms. The van der Waals surface area contributed by atoms with Crippen LogP contribution in [-0.2, 0) is 9.59 Å². The molecule has 0 aliphatic rings. The van der Waals surface area contributed by atoms with E-state index >= 15 is 0 Å². The molecule has 2 amide bonds. The SMILES string of the molecule is CC(=O)NC(C)CC(=O)Nc1nc(-c2ccc(C)cc2C)c(C)s1. The lowest BCUT2D eigenvalue weighted by molar-refractivity contribution is -0.120. The topological polar surface area (TPSA) is 71.1 Å². The van der Waals surface area contributed by atoms with E-state index < -0.39 is 0 Å². The zero-order chi connectivity index (χ0) is 17.9. The van der Waals surface area contributed by atoms with Crippen molar-refractivity contribution >= 4 is 28.3 Å². The average molecular weight is 345 g/mol. The Hall–Kier alpha value is -2.21. The number of anilines is 1. The summed E-state index contributed by atoms with van der Waals surface area (Å²) in [6, 6.07) is 6.05. The Morgan fingerprint density at radius 2 is 1.96 bits per heavy atom. The van der Waals surface area contributed by atoms with Crippen molar-refractivity contribution in [2.75, 3.05) is 5.32 Å². The van der Waals surface area contributed by atoms with Crippen molar-refractivity contribution in [2.45, 2.75) is 47.1 Å². The fourth-order valence-corrected chi connectivity index (χ4v) is 3.47. The van der Waals surface area contributed by atoms with Crippen molar-refractivity contribution in [2.24, 2.45) is 0 Å². The largest absolute Gasteiger partial charge is 0.353 e. The molecule has 0 aliphatic heterocycles. The molecule has 1 aromatic heterocycles. The van der Waals surface area contributed by atoms with Crippen LogP contribution in [-0.4, -0.2) is 22.8 Å². The molecular weight excluding hydrogens is 322 g/mol. The zero-order valence-electron chi connectivity index (χ0n) is 14.7. The highest BCUT2D eigenvalue weighted by Crippen LogP contribution is 2.32. The normalized spacial score (nSPS) is 11.9. The molecule has 128 valence electrons. The van der Waals surface area contributed by atoms with Gasteiger partial charge in [0.05, 0.1) is 5.69 Å². The summed E-state index contributed by atoms with van der Waals surface area (Å²) in [5.41, 5.74) is 4.37. The number of carbonyl (C=O) groups is 2. The summed E-state index contributed by atoms with van der Waals surface area (Å²) in [5, 5.41) is 6.11. The third kappa shape index (κ3) is 4.64. The van der Waals surface area contributed by atoms with Crippen LogP contribution in [0.3, 0.4) is 0 Å². The molecule has 1 heterocycles. The predicted molar refractivity (Wildman–Crippen MR) is 98.3 cm³/mol. The summed E-state index contributed by atoms with van der Waals surface area (Å²) in [5.74, 6) is -0.297. The summed E-state index contributed by atoms with van der Waals surface area (Å²) < 4.78 is 0. The van der Waals surface area contributed by atoms with Gasteiger partial charge in [-0.1, -0.05) is 23.8 Å². The first kappa shape index (κ1) is 18.1. The predicted octanol–water partition coefficient (Wildman–Crippen LogP) is 3.59. The van der Waals surface area contributed by atoms with Gasteiger partial charge in [0.1, 0.15) is 0 Å². The van der Waals surface area contributed by atoms with Crippen LogP contribution < -0.4 is 10.6 Å². The van der Waals surface area contributed by atoms with Crippen LogP contribution in [0.4, 0.5) is 5.13 Å². The number of amides is 2. The van der Waals surface area contributed by atoms with E-state index in [1.54, 1.807) is 6.92 Å². The van der Waals surface area contributed by atoms with Gasteiger partial charge in [0, 0.05) is 29.8 Å². The Morgan fingerprint density at radius 3 is 2.58 bits per heavy atom. The summed E-state index contributed by atoms with van der Waals surface area (Å²) in [6.45, 7) is 9.37. The molecule has 2 N–H and O–H groups in total. The van der Waals surface area contributed by atoms with Crippen LogP contribution >= 0.6 is 11.3 Å². The number of aromatic nitrogens is 1. The maximum Gasteiger partial charge on any atom is 0.228 e. The van der Waals surface area contributed by atoms with Crippen LogP contribution in [0.25, 0.3) is 11.3 Å². The first-order valence-corrected chi connectivity index (χ1v) is 8.70. The third-order valence-electron chi connectivity index (χ3n) is 3.62. The van der Waals surface area contributed by atoms with E-state index in [2.05, 4.69) is 47.7 Å². The number of hydrogen-bond acceptors (Lipinski definition) is 4. The molecule has 0 saturated carbocycles. The molecule has 0 spiro atoms. The van der Waals surface area contributed by atoms with Gasteiger partial charge in [0.15, 0.2) is 5.13 Å². The minimum Gasteiger partial charge on any atom is -0.353 e. The van der Waals surface area contributed by atoms with Crippen molar-refractivity contribution in [1.29, 1.82) is 0 Å². The Balaban J connectivity index is 2.11. The van der Waals surface area contributed by atoms with E-state index in [1.165, 1.54) is 29.4 Å². The first-order chi connectivity index (χ1) is 11.3. The van der Waals surface area contributed by atoms with Crippen LogP contribution in [0.2, 0.25) is 0 Å². The lowest BCUT2D eigenvalue weighted by atomic mass is 10.0. The molecule has 0 radical (unpaired) electrons. The molecule has 1 unspecified atom stereocenters. The monoisotopic (exact) mass is 345 g/mol. The number of carbonyl (C=O) groups excluding carboxylic acids is 2. The minimum absolute atomic E-state index is 0.141. The fraction of sp³-hybridized carbons (Fsp3) is 0.389.